The molecule has 2 rings (SSSR count). The second-order valence-corrected chi connectivity index (χ2v) is 2.67. The van der Waals surface area contributed by atoms with Gasteiger partial charge in [0.05, 0.1) is 13.2 Å². The molecule has 0 bridgehead atoms. The molecule has 4 nitrogen and oxygen atoms in total. The van der Waals surface area contributed by atoms with Gasteiger partial charge >= 0.3 is 0 Å². The van der Waals surface area contributed by atoms with Crippen molar-refractivity contribution in [3.63, 3.8) is 0 Å². The van der Waals surface area contributed by atoms with Crippen LogP contribution in [0.4, 0.5) is 0 Å². The fraction of sp³-hybridized carbons (Fsp3) is 0.500. The summed E-state index contributed by atoms with van der Waals surface area (Å²) >= 11 is 0. The molecule has 0 radical (unpaired) electrons. The summed E-state index contributed by atoms with van der Waals surface area (Å²) in [6.45, 7) is 1.45. The lowest BCUT2D eigenvalue weighted by Crippen LogP contribution is -2.16. The highest BCUT2D eigenvalue weighted by Crippen LogP contribution is 2.12. The van der Waals surface area contributed by atoms with Gasteiger partial charge in [-0.1, -0.05) is 0 Å². The van der Waals surface area contributed by atoms with Gasteiger partial charge in [-0.2, -0.15) is 5.10 Å². The van der Waals surface area contributed by atoms with Crippen molar-refractivity contribution in [2.75, 3.05) is 13.2 Å². The Balaban J connectivity index is 1.94. The van der Waals surface area contributed by atoms with Crippen LogP contribution in [-0.4, -0.2) is 29.5 Å². The van der Waals surface area contributed by atoms with Crippen molar-refractivity contribution in [3.8, 4) is 5.88 Å². The molecule has 0 aliphatic carbocycles. The van der Waals surface area contributed by atoms with E-state index in [0.717, 1.165) is 13.0 Å². The largest absolute Gasteiger partial charge is 0.471 e. The van der Waals surface area contributed by atoms with Crippen LogP contribution in [0.1, 0.15) is 6.42 Å². The van der Waals surface area contributed by atoms with E-state index in [0.29, 0.717) is 12.5 Å². The lowest BCUT2D eigenvalue weighted by atomic mass is 10.3. The maximum absolute atomic E-state index is 5.48. The topological polar surface area (TPSA) is 44.2 Å². The first-order valence-corrected chi connectivity index (χ1v) is 3.97. The van der Waals surface area contributed by atoms with E-state index >= 15 is 0 Å². The number of hydrogen-bond acceptors (Lipinski definition) is 4. The SMILES string of the molecule is c1cnnc(O[C@H]2CCOC2)c1. The lowest BCUT2D eigenvalue weighted by molar-refractivity contribution is 0.137. The Bertz CT molecular complexity index is 234. The smallest absolute Gasteiger partial charge is 0.233 e. The molecule has 1 aliphatic heterocycles. The van der Waals surface area contributed by atoms with Gasteiger partial charge in [-0.3, -0.25) is 0 Å². The summed E-state index contributed by atoms with van der Waals surface area (Å²) in [7, 11) is 0. The molecule has 2 heterocycles. The molecule has 0 amide bonds. The van der Waals surface area contributed by atoms with E-state index in [1.165, 1.54) is 0 Å². The van der Waals surface area contributed by atoms with Crippen molar-refractivity contribution in [2.24, 2.45) is 0 Å². The van der Waals surface area contributed by atoms with E-state index in [-0.39, 0.29) is 6.10 Å². The van der Waals surface area contributed by atoms with Gasteiger partial charge in [0, 0.05) is 18.7 Å². The van der Waals surface area contributed by atoms with Crippen LogP contribution in [-0.2, 0) is 4.74 Å². The molecule has 1 aromatic heterocycles. The Morgan fingerprint density at radius 1 is 1.58 bits per heavy atom. The van der Waals surface area contributed by atoms with Crippen LogP contribution < -0.4 is 4.74 Å². The molecule has 0 unspecified atom stereocenters. The standard InChI is InChI=1S/C8H10N2O2/c1-2-8(10-9-4-1)12-7-3-5-11-6-7/h1-2,4,7H,3,5-6H2/t7-/m0/s1. The van der Waals surface area contributed by atoms with Crippen molar-refractivity contribution < 1.29 is 9.47 Å². The van der Waals surface area contributed by atoms with E-state index in [9.17, 15) is 0 Å². The van der Waals surface area contributed by atoms with Gasteiger partial charge in [0.25, 0.3) is 0 Å². The number of aromatic nitrogens is 2. The molecule has 0 spiro atoms. The van der Waals surface area contributed by atoms with E-state index in [2.05, 4.69) is 10.2 Å². The minimum Gasteiger partial charge on any atom is -0.471 e. The second kappa shape index (κ2) is 3.49. The molecule has 1 saturated heterocycles. The molecule has 1 atom stereocenters. The fourth-order valence-corrected chi connectivity index (χ4v) is 1.13. The van der Waals surface area contributed by atoms with E-state index < -0.39 is 0 Å². The average Bonchev–Trinajstić information content (AvgIpc) is 2.59. The third-order valence-electron chi connectivity index (χ3n) is 1.72. The Kier molecular flexibility index (Phi) is 2.18. The van der Waals surface area contributed by atoms with Crippen LogP contribution in [0.2, 0.25) is 0 Å². The molecule has 0 saturated carbocycles. The van der Waals surface area contributed by atoms with Gasteiger partial charge in [-0.05, 0) is 6.07 Å². The van der Waals surface area contributed by atoms with Crippen LogP contribution in [0.3, 0.4) is 0 Å². The summed E-state index contributed by atoms with van der Waals surface area (Å²) in [6.07, 6.45) is 2.72. The highest BCUT2D eigenvalue weighted by Gasteiger charge is 2.17. The van der Waals surface area contributed by atoms with E-state index in [1.54, 1.807) is 18.3 Å². The second-order valence-electron chi connectivity index (χ2n) is 2.67. The summed E-state index contributed by atoms with van der Waals surface area (Å²) in [5.74, 6) is 0.577. The first-order chi connectivity index (χ1) is 5.95. The third kappa shape index (κ3) is 1.71. The normalized spacial score (nSPS) is 22.5. The van der Waals surface area contributed by atoms with Crippen molar-refractivity contribution in [3.05, 3.63) is 18.3 Å². The summed E-state index contributed by atoms with van der Waals surface area (Å²) in [5, 5.41) is 7.53. The minimum atomic E-state index is 0.154. The average molecular weight is 166 g/mol. The maximum atomic E-state index is 5.48. The zero-order valence-corrected chi connectivity index (χ0v) is 6.64. The van der Waals surface area contributed by atoms with Crippen molar-refractivity contribution in [1.29, 1.82) is 0 Å². The Morgan fingerprint density at radius 3 is 3.25 bits per heavy atom. The molecule has 1 aromatic rings. The van der Waals surface area contributed by atoms with Crippen LogP contribution in [0.5, 0.6) is 5.88 Å². The predicted octanol–water partition coefficient (Wildman–Crippen LogP) is 0.644. The number of hydrogen-bond donors (Lipinski definition) is 0. The first kappa shape index (κ1) is 7.49. The molecule has 1 fully saturated rings. The molecule has 0 aromatic carbocycles. The summed E-state index contributed by atoms with van der Waals surface area (Å²) in [4.78, 5) is 0. The minimum absolute atomic E-state index is 0.154. The van der Waals surface area contributed by atoms with Gasteiger partial charge in [-0.25, -0.2) is 0 Å². The van der Waals surface area contributed by atoms with Gasteiger partial charge < -0.3 is 9.47 Å². The number of nitrogens with zero attached hydrogens (tertiary/aromatic N) is 2. The summed E-state index contributed by atoms with van der Waals surface area (Å²) in [6, 6.07) is 3.60. The molecule has 64 valence electrons. The van der Waals surface area contributed by atoms with Crippen LogP contribution >= 0.6 is 0 Å². The van der Waals surface area contributed by atoms with E-state index in [1.807, 2.05) is 0 Å². The van der Waals surface area contributed by atoms with Crippen molar-refractivity contribution in [2.45, 2.75) is 12.5 Å². The molecular formula is C8H10N2O2. The maximum Gasteiger partial charge on any atom is 0.233 e. The number of ether oxygens (including phenoxy) is 2. The summed E-state index contributed by atoms with van der Waals surface area (Å²) < 4.78 is 10.6. The predicted molar refractivity (Wildman–Crippen MR) is 41.9 cm³/mol. The molecule has 4 heteroatoms. The highest BCUT2D eigenvalue weighted by atomic mass is 16.5. The molecule has 12 heavy (non-hydrogen) atoms. The molecule has 0 N–H and O–H groups in total. The van der Waals surface area contributed by atoms with Crippen LogP contribution in [0.15, 0.2) is 18.3 Å². The van der Waals surface area contributed by atoms with Crippen LogP contribution in [0.25, 0.3) is 0 Å². The van der Waals surface area contributed by atoms with Crippen LogP contribution in [0, 0.1) is 0 Å². The van der Waals surface area contributed by atoms with Gasteiger partial charge in [0.1, 0.15) is 6.10 Å². The van der Waals surface area contributed by atoms with E-state index in [4.69, 9.17) is 9.47 Å². The Labute approximate surface area is 70.5 Å². The van der Waals surface area contributed by atoms with Gasteiger partial charge in [-0.15, -0.1) is 5.10 Å². The quantitative estimate of drug-likeness (QED) is 0.646. The monoisotopic (exact) mass is 166 g/mol. The summed E-state index contributed by atoms with van der Waals surface area (Å²) in [5.41, 5.74) is 0. The van der Waals surface area contributed by atoms with Gasteiger partial charge in [0.2, 0.25) is 5.88 Å². The molecule has 1 aliphatic rings. The first-order valence-electron chi connectivity index (χ1n) is 3.97. The van der Waals surface area contributed by atoms with Crippen molar-refractivity contribution in [1.82, 2.24) is 10.2 Å². The highest BCUT2D eigenvalue weighted by molar-refractivity contribution is 5.05. The Morgan fingerprint density at radius 2 is 2.58 bits per heavy atom. The Hall–Kier alpha value is -1.16. The lowest BCUT2D eigenvalue weighted by Gasteiger charge is -2.08. The third-order valence-corrected chi connectivity index (χ3v) is 1.72. The zero-order chi connectivity index (χ0) is 8.23. The zero-order valence-electron chi connectivity index (χ0n) is 6.64. The van der Waals surface area contributed by atoms with Gasteiger partial charge in [0.15, 0.2) is 0 Å². The van der Waals surface area contributed by atoms with Crippen molar-refractivity contribution >= 4 is 0 Å². The molecular weight excluding hydrogens is 156 g/mol. The number of rotatable bonds is 2. The fourth-order valence-electron chi connectivity index (χ4n) is 1.13.